The minimum atomic E-state index is -1.69. The van der Waals surface area contributed by atoms with Gasteiger partial charge in [-0.25, -0.2) is 0 Å². The molecule has 0 N–H and O–H groups in total. The van der Waals surface area contributed by atoms with Gasteiger partial charge >= 0.3 is 5.97 Å². The molecule has 0 aliphatic rings. The van der Waals surface area contributed by atoms with Crippen molar-refractivity contribution in [1.82, 2.24) is 0 Å². The van der Waals surface area contributed by atoms with Gasteiger partial charge in [0, 0.05) is 14.0 Å². The minimum Gasteiger partial charge on any atom is -0.447 e. The van der Waals surface area contributed by atoms with E-state index in [2.05, 4.69) is 0 Å². The van der Waals surface area contributed by atoms with Gasteiger partial charge in [-0.3, -0.25) is 14.4 Å². The summed E-state index contributed by atoms with van der Waals surface area (Å²) in [7, 11) is 1.28. The number of hydrogen-bond acceptors (Lipinski definition) is 5. The van der Waals surface area contributed by atoms with Crippen LogP contribution in [0.5, 0.6) is 0 Å². The average Bonchev–Trinajstić information content (AvgIpc) is 2.21. The molecule has 0 aliphatic carbocycles. The van der Waals surface area contributed by atoms with E-state index in [9.17, 15) is 14.4 Å². The highest BCUT2D eigenvalue weighted by molar-refractivity contribution is 6.66. The van der Waals surface area contributed by atoms with Crippen LogP contribution in [0, 0.1) is 0 Å². The molecule has 0 aromatic heterocycles. The van der Waals surface area contributed by atoms with E-state index < -0.39 is 28.2 Å². The number of ether oxygens (including phenoxy) is 2. The molecule has 0 fully saturated rings. The monoisotopic (exact) mass is 284 g/mol. The van der Waals surface area contributed by atoms with Gasteiger partial charge in [0.05, 0.1) is 6.42 Å². The van der Waals surface area contributed by atoms with E-state index in [0.29, 0.717) is 0 Å². The zero-order chi connectivity index (χ0) is 13.6. The Hall–Kier alpha value is -0.650. The van der Waals surface area contributed by atoms with Gasteiger partial charge < -0.3 is 9.47 Å². The van der Waals surface area contributed by atoms with E-state index in [1.165, 1.54) is 7.11 Å². The van der Waals surface area contributed by atoms with Crippen LogP contribution in [0.4, 0.5) is 0 Å². The molecule has 98 valence electrons. The van der Waals surface area contributed by atoms with Gasteiger partial charge in [0.25, 0.3) is 5.24 Å². The molecule has 0 saturated carbocycles. The smallest absolute Gasteiger partial charge is 0.303 e. The number of esters is 1. The topological polar surface area (TPSA) is 69.7 Å². The van der Waals surface area contributed by atoms with Crippen molar-refractivity contribution in [2.24, 2.45) is 0 Å². The zero-order valence-electron chi connectivity index (χ0n) is 9.79. The number of methoxy groups -OCH3 is 1. The number of rotatable bonds is 7. The van der Waals surface area contributed by atoms with E-state index in [1.54, 1.807) is 6.92 Å². The first-order chi connectivity index (χ1) is 7.80. The molecule has 0 heterocycles. The number of hydrogen-bond donors (Lipinski definition) is 0. The third kappa shape index (κ3) is 4.26. The Morgan fingerprint density at radius 1 is 1.29 bits per heavy atom. The largest absolute Gasteiger partial charge is 0.447 e. The summed E-state index contributed by atoms with van der Waals surface area (Å²) in [5.41, 5.74) is -1.69. The van der Waals surface area contributed by atoms with E-state index >= 15 is 0 Å². The van der Waals surface area contributed by atoms with Gasteiger partial charge in [0.2, 0.25) is 10.8 Å². The van der Waals surface area contributed by atoms with Crippen LogP contribution in [0.1, 0.15) is 26.7 Å². The van der Waals surface area contributed by atoms with Crippen molar-refractivity contribution in [2.45, 2.75) is 38.4 Å². The molecule has 0 aromatic rings. The maximum atomic E-state index is 11.5. The molecule has 0 saturated heterocycles. The van der Waals surface area contributed by atoms with Crippen LogP contribution in [0.15, 0.2) is 0 Å². The Kier molecular flexibility index (Phi) is 6.67. The molecule has 7 heteroatoms. The van der Waals surface area contributed by atoms with Gasteiger partial charge in [-0.15, -0.1) is 0 Å². The molecule has 0 radical (unpaired) electrons. The lowest BCUT2D eigenvalue weighted by Gasteiger charge is -2.34. The summed E-state index contributed by atoms with van der Waals surface area (Å²) in [6.45, 7) is 2.73. The van der Waals surface area contributed by atoms with Gasteiger partial charge in [0.1, 0.15) is 6.10 Å². The number of carbonyl (C=O) groups is 3. The first-order valence-electron chi connectivity index (χ1n) is 4.90. The predicted molar refractivity (Wildman–Crippen MR) is 61.9 cm³/mol. The molecule has 0 amide bonds. The minimum absolute atomic E-state index is 0.0809. The van der Waals surface area contributed by atoms with E-state index in [4.69, 9.17) is 32.7 Å². The summed E-state index contributed by atoms with van der Waals surface area (Å²) in [5, 5.41) is -1.61. The summed E-state index contributed by atoms with van der Waals surface area (Å²) in [6, 6.07) is 0. The molecule has 5 nitrogen and oxygen atoms in total. The second-order valence-corrected chi connectivity index (χ2v) is 4.16. The van der Waals surface area contributed by atoms with Gasteiger partial charge in [-0.1, -0.05) is 6.92 Å². The van der Waals surface area contributed by atoms with Crippen LogP contribution < -0.4 is 0 Å². The number of halogens is 2. The van der Waals surface area contributed by atoms with E-state index in [1.807, 2.05) is 0 Å². The Morgan fingerprint density at radius 3 is 2.06 bits per heavy atom. The van der Waals surface area contributed by atoms with Crippen molar-refractivity contribution >= 4 is 39.7 Å². The first kappa shape index (κ1) is 16.4. The molecule has 0 aromatic carbocycles. The normalized spacial score (nSPS) is 15.8. The average molecular weight is 285 g/mol. The Balaban J connectivity index is 5.29. The first-order valence-corrected chi connectivity index (χ1v) is 5.66. The van der Waals surface area contributed by atoms with Crippen molar-refractivity contribution in [3.8, 4) is 0 Å². The van der Waals surface area contributed by atoms with Gasteiger partial charge in [-0.05, 0) is 29.6 Å². The maximum absolute atomic E-state index is 11.5. The van der Waals surface area contributed by atoms with Crippen LogP contribution in [0.3, 0.4) is 0 Å². The summed E-state index contributed by atoms with van der Waals surface area (Å²) in [4.78, 5) is 33.4. The third-order valence-corrected chi connectivity index (χ3v) is 2.81. The lowest BCUT2D eigenvalue weighted by Crippen LogP contribution is -2.52. The van der Waals surface area contributed by atoms with E-state index in [0.717, 1.165) is 6.92 Å². The van der Waals surface area contributed by atoms with Crippen LogP contribution >= 0.6 is 23.2 Å². The quantitative estimate of drug-likeness (QED) is 0.525. The number of carbonyl (C=O) groups excluding carboxylic acids is 3. The molecular formula is C10H14Cl2O5. The molecule has 2 atom stereocenters. The molecular weight excluding hydrogens is 271 g/mol. The highest BCUT2D eigenvalue weighted by Crippen LogP contribution is 2.29. The summed E-state index contributed by atoms with van der Waals surface area (Å²) >= 11 is 10.7. The Labute approximate surface area is 109 Å². The lowest BCUT2D eigenvalue weighted by molar-refractivity contribution is -0.179. The standard InChI is InChI=1S/C10H14Cl2O5/c1-4-10(9(12)15,17-6(2)13)7(16-3)5-8(11)14/h7H,4-5H2,1-3H3/t7-,10?/m1/s1. The van der Waals surface area contributed by atoms with Gasteiger partial charge in [-0.2, -0.15) is 0 Å². The Bertz CT molecular complexity index is 318. The van der Waals surface area contributed by atoms with Crippen molar-refractivity contribution in [2.75, 3.05) is 7.11 Å². The molecule has 0 rings (SSSR count). The van der Waals surface area contributed by atoms with Crippen molar-refractivity contribution < 1.29 is 23.9 Å². The second-order valence-electron chi connectivity index (χ2n) is 3.39. The Morgan fingerprint density at radius 2 is 1.82 bits per heavy atom. The van der Waals surface area contributed by atoms with Crippen molar-refractivity contribution in [1.29, 1.82) is 0 Å². The highest BCUT2D eigenvalue weighted by atomic mass is 35.5. The van der Waals surface area contributed by atoms with Crippen molar-refractivity contribution in [3.05, 3.63) is 0 Å². The zero-order valence-corrected chi connectivity index (χ0v) is 11.3. The molecule has 1 unspecified atom stereocenters. The van der Waals surface area contributed by atoms with Crippen LogP contribution in [-0.2, 0) is 23.9 Å². The highest BCUT2D eigenvalue weighted by Gasteiger charge is 2.48. The summed E-state index contributed by atoms with van der Waals surface area (Å²) < 4.78 is 9.94. The van der Waals surface area contributed by atoms with Gasteiger partial charge in [0.15, 0.2) is 0 Å². The SMILES string of the molecule is CCC(OC(C)=O)(C(=O)Cl)[C@@H](CC(=O)Cl)OC. The maximum Gasteiger partial charge on any atom is 0.303 e. The molecule has 0 bridgehead atoms. The fourth-order valence-electron chi connectivity index (χ4n) is 1.51. The van der Waals surface area contributed by atoms with Crippen LogP contribution in [0.2, 0.25) is 0 Å². The predicted octanol–water partition coefficient (Wildman–Crippen LogP) is 1.63. The fourth-order valence-corrected chi connectivity index (χ4v) is 1.95. The second kappa shape index (κ2) is 6.93. The molecule has 17 heavy (non-hydrogen) atoms. The van der Waals surface area contributed by atoms with Crippen molar-refractivity contribution in [3.63, 3.8) is 0 Å². The fraction of sp³-hybridized carbons (Fsp3) is 0.700. The lowest BCUT2D eigenvalue weighted by atomic mass is 9.92. The van der Waals surface area contributed by atoms with Crippen LogP contribution in [-0.4, -0.2) is 35.3 Å². The third-order valence-electron chi connectivity index (χ3n) is 2.33. The van der Waals surface area contributed by atoms with Crippen LogP contribution in [0.25, 0.3) is 0 Å². The van der Waals surface area contributed by atoms with E-state index in [-0.39, 0.29) is 12.8 Å². The molecule has 0 spiro atoms. The summed E-state index contributed by atoms with van der Waals surface area (Å²) in [6.07, 6.45) is -1.21. The summed E-state index contributed by atoms with van der Waals surface area (Å²) in [5.74, 6) is -0.690. The molecule has 0 aliphatic heterocycles.